The van der Waals surface area contributed by atoms with Crippen molar-refractivity contribution < 1.29 is 10.1 Å². The first-order chi connectivity index (χ1) is 6.74. The van der Waals surface area contributed by atoms with Gasteiger partial charge in [0.2, 0.25) is 0 Å². The minimum Gasteiger partial charge on any atom is -0.477 e. The Kier molecular flexibility index (Phi) is 5.26. The van der Waals surface area contributed by atoms with E-state index in [9.17, 15) is 0 Å². The zero-order valence-electron chi connectivity index (χ0n) is 7.80. The van der Waals surface area contributed by atoms with Gasteiger partial charge in [0.1, 0.15) is 0 Å². The molecule has 0 radical (unpaired) electrons. The van der Waals surface area contributed by atoms with Crippen molar-refractivity contribution in [3.63, 3.8) is 0 Å². The highest BCUT2D eigenvalue weighted by Gasteiger charge is 2.00. The van der Waals surface area contributed by atoms with Crippen LogP contribution >= 0.6 is 23.2 Å². The molecule has 0 saturated carbocycles. The lowest BCUT2D eigenvalue weighted by Gasteiger charge is -2.06. The lowest BCUT2D eigenvalue weighted by atomic mass is 10.2. The van der Waals surface area contributed by atoms with Crippen LogP contribution in [0.2, 0.25) is 10.0 Å². The van der Waals surface area contributed by atoms with Gasteiger partial charge < -0.3 is 10.1 Å². The number of nitrogens with two attached hydrogens (primary N) is 1. The smallest absolute Gasteiger partial charge is 0.0938 e. The Balaban J connectivity index is 2.42. The molecule has 0 unspecified atom stereocenters. The molecule has 0 bridgehead atoms. The van der Waals surface area contributed by atoms with Crippen LogP contribution in [-0.4, -0.2) is 13.2 Å². The topological polar surface area (TPSA) is 25.8 Å². The summed E-state index contributed by atoms with van der Waals surface area (Å²) in [5.74, 6) is 0. The van der Waals surface area contributed by atoms with Gasteiger partial charge in [-0.15, -0.1) is 0 Å². The molecule has 2 nitrogen and oxygen atoms in total. The molecule has 0 heterocycles. The summed E-state index contributed by atoms with van der Waals surface area (Å²) in [5, 5.41) is 3.12. The van der Waals surface area contributed by atoms with Crippen molar-refractivity contribution in [1.82, 2.24) is 0 Å². The van der Waals surface area contributed by atoms with E-state index in [1.54, 1.807) is 12.1 Å². The van der Waals surface area contributed by atoms with Crippen LogP contribution in [0, 0.1) is 7.05 Å². The fraction of sp³-hybridized carbons (Fsp3) is 0.300. The standard InChI is InChI=1S/C10H13Cl2NO/c1-13-4-5-14-7-8-2-3-9(11)6-10(8)12/h2-3,6H,1,4-5,7,13H2. The lowest BCUT2D eigenvalue weighted by Crippen LogP contribution is -2.78. The van der Waals surface area contributed by atoms with Gasteiger partial charge in [-0.2, -0.15) is 7.05 Å². The Morgan fingerprint density at radius 3 is 2.79 bits per heavy atom. The Bertz CT molecular complexity index is 291. The fourth-order valence-corrected chi connectivity index (χ4v) is 1.45. The van der Waals surface area contributed by atoms with E-state index in [4.69, 9.17) is 27.9 Å². The second kappa shape index (κ2) is 6.25. The molecule has 1 rings (SSSR count). The van der Waals surface area contributed by atoms with E-state index in [1.807, 2.05) is 11.4 Å². The van der Waals surface area contributed by atoms with Gasteiger partial charge >= 0.3 is 0 Å². The number of ether oxygens (including phenoxy) is 1. The molecule has 78 valence electrons. The van der Waals surface area contributed by atoms with E-state index >= 15 is 0 Å². The molecule has 1 aromatic rings. The van der Waals surface area contributed by atoms with Crippen LogP contribution < -0.4 is 5.32 Å². The normalized spacial score (nSPS) is 10.5. The van der Waals surface area contributed by atoms with Crippen molar-refractivity contribution in [3.05, 3.63) is 40.9 Å². The van der Waals surface area contributed by atoms with Crippen molar-refractivity contribution in [2.75, 3.05) is 13.2 Å². The van der Waals surface area contributed by atoms with Gasteiger partial charge in [-0.1, -0.05) is 29.3 Å². The zero-order chi connectivity index (χ0) is 10.4. The van der Waals surface area contributed by atoms with Gasteiger partial charge in [-0.25, -0.2) is 0 Å². The molecule has 0 atom stereocenters. The van der Waals surface area contributed by atoms with Crippen molar-refractivity contribution in [2.24, 2.45) is 0 Å². The summed E-state index contributed by atoms with van der Waals surface area (Å²) in [5.41, 5.74) is 0.958. The maximum absolute atomic E-state index is 5.96. The molecule has 0 aliphatic rings. The van der Waals surface area contributed by atoms with Crippen molar-refractivity contribution in [3.8, 4) is 0 Å². The van der Waals surface area contributed by atoms with Crippen LogP contribution in [0.1, 0.15) is 5.56 Å². The van der Waals surface area contributed by atoms with Gasteiger partial charge in [-0.3, -0.25) is 0 Å². The first-order valence-electron chi connectivity index (χ1n) is 4.36. The zero-order valence-corrected chi connectivity index (χ0v) is 9.31. The highest BCUT2D eigenvalue weighted by Crippen LogP contribution is 2.21. The van der Waals surface area contributed by atoms with E-state index in [-0.39, 0.29) is 0 Å². The Hall–Kier alpha value is -0.280. The summed E-state index contributed by atoms with van der Waals surface area (Å²) in [4.78, 5) is 0. The monoisotopic (exact) mass is 233 g/mol. The third kappa shape index (κ3) is 3.84. The summed E-state index contributed by atoms with van der Waals surface area (Å²) >= 11 is 11.7. The van der Waals surface area contributed by atoms with Crippen LogP contribution in [0.15, 0.2) is 18.2 Å². The maximum atomic E-state index is 5.96. The van der Waals surface area contributed by atoms with E-state index < -0.39 is 0 Å². The number of hydrogen-bond donors (Lipinski definition) is 1. The van der Waals surface area contributed by atoms with Crippen LogP contribution in [0.3, 0.4) is 0 Å². The second-order valence-electron chi connectivity index (χ2n) is 2.87. The number of hydrogen-bond acceptors (Lipinski definition) is 1. The van der Waals surface area contributed by atoms with Crippen molar-refractivity contribution >= 4 is 23.2 Å². The molecule has 4 heteroatoms. The number of halogens is 2. The van der Waals surface area contributed by atoms with Crippen LogP contribution in [0.25, 0.3) is 0 Å². The van der Waals surface area contributed by atoms with Crippen LogP contribution in [0.5, 0.6) is 0 Å². The van der Waals surface area contributed by atoms with Gasteiger partial charge in [0, 0.05) is 10.0 Å². The molecular weight excluding hydrogens is 221 g/mol. The molecule has 0 saturated heterocycles. The minimum atomic E-state index is 0.518. The van der Waals surface area contributed by atoms with E-state index in [1.165, 1.54) is 0 Å². The first kappa shape index (κ1) is 11.8. The Morgan fingerprint density at radius 1 is 1.36 bits per heavy atom. The van der Waals surface area contributed by atoms with Crippen LogP contribution in [-0.2, 0) is 11.3 Å². The molecule has 2 N–H and O–H groups in total. The summed E-state index contributed by atoms with van der Waals surface area (Å²) in [6.45, 7) is 2.04. The molecule has 0 aliphatic heterocycles. The van der Waals surface area contributed by atoms with Gasteiger partial charge in [0.25, 0.3) is 0 Å². The number of rotatable bonds is 5. The third-order valence-electron chi connectivity index (χ3n) is 1.74. The largest absolute Gasteiger partial charge is 0.477 e. The maximum Gasteiger partial charge on any atom is 0.0938 e. The van der Waals surface area contributed by atoms with Gasteiger partial charge in [-0.05, 0) is 17.7 Å². The van der Waals surface area contributed by atoms with Crippen LogP contribution in [0.4, 0.5) is 0 Å². The average molecular weight is 234 g/mol. The van der Waals surface area contributed by atoms with Gasteiger partial charge in [0.15, 0.2) is 0 Å². The second-order valence-corrected chi connectivity index (χ2v) is 3.71. The molecular formula is C10H13Cl2NO. The fourth-order valence-electron chi connectivity index (χ4n) is 0.988. The molecule has 0 aliphatic carbocycles. The first-order valence-corrected chi connectivity index (χ1v) is 5.12. The summed E-state index contributed by atoms with van der Waals surface area (Å²) in [6, 6.07) is 5.40. The summed E-state index contributed by atoms with van der Waals surface area (Å²) < 4.78 is 5.38. The molecule has 0 amide bonds. The van der Waals surface area contributed by atoms with Gasteiger partial charge in [0.05, 0.1) is 19.8 Å². The SMILES string of the molecule is [CH2-][NH2+]CCOCc1ccc(Cl)cc1Cl. The van der Waals surface area contributed by atoms with E-state index in [2.05, 4.69) is 7.05 Å². The average Bonchev–Trinajstić information content (AvgIpc) is 2.15. The summed E-state index contributed by atoms with van der Waals surface area (Å²) in [7, 11) is 3.61. The molecule has 0 aromatic heterocycles. The Labute approximate surface area is 94.2 Å². The molecule has 14 heavy (non-hydrogen) atoms. The number of quaternary nitrogens is 1. The minimum absolute atomic E-state index is 0.518. The quantitative estimate of drug-likeness (QED) is 0.610. The molecule has 1 aromatic carbocycles. The number of benzene rings is 1. The highest BCUT2D eigenvalue weighted by atomic mass is 35.5. The third-order valence-corrected chi connectivity index (χ3v) is 2.33. The van der Waals surface area contributed by atoms with E-state index in [0.717, 1.165) is 12.1 Å². The lowest BCUT2D eigenvalue weighted by molar-refractivity contribution is -0.597. The predicted molar refractivity (Wildman–Crippen MR) is 58.3 cm³/mol. The van der Waals surface area contributed by atoms with Crippen molar-refractivity contribution in [2.45, 2.75) is 6.61 Å². The Morgan fingerprint density at radius 2 is 2.14 bits per heavy atom. The highest BCUT2D eigenvalue weighted by molar-refractivity contribution is 6.35. The predicted octanol–water partition coefficient (Wildman–Crippen LogP) is 1.86. The van der Waals surface area contributed by atoms with E-state index in [0.29, 0.717) is 23.3 Å². The summed E-state index contributed by atoms with van der Waals surface area (Å²) in [6.07, 6.45) is 0. The van der Waals surface area contributed by atoms with Crippen molar-refractivity contribution in [1.29, 1.82) is 0 Å². The molecule has 0 fully saturated rings. The molecule has 0 spiro atoms.